The van der Waals surface area contributed by atoms with Gasteiger partial charge in [0.25, 0.3) is 5.91 Å². The summed E-state index contributed by atoms with van der Waals surface area (Å²) in [6.07, 6.45) is -0.0427. The van der Waals surface area contributed by atoms with Crippen molar-refractivity contribution in [3.8, 4) is 17.4 Å². The molecule has 3 aromatic rings. The number of ether oxygens (including phenoxy) is 2. The first-order chi connectivity index (χ1) is 19.9. The van der Waals surface area contributed by atoms with E-state index in [0.717, 1.165) is 5.56 Å². The predicted molar refractivity (Wildman–Crippen MR) is 159 cm³/mol. The van der Waals surface area contributed by atoms with E-state index in [0.29, 0.717) is 46.8 Å². The maximum atomic E-state index is 14.5. The van der Waals surface area contributed by atoms with Crippen molar-refractivity contribution in [2.45, 2.75) is 51.2 Å². The first-order valence-corrected chi connectivity index (χ1v) is 14.1. The molecule has 1 fully saturated rings. The lowest BCUT2D eigenvalue weighted by molar-refractivity contribution is -0.0187. The van der Waals surface area contributed by atoms with Crippen molar-refractivity contribution < 1.29 is 23.8 Å². The van der Waals surface area contributed by atoms with Crippen molar-refractivity contribution in [1.29, 1.82) is 0 Å². The third-order valence-electron chi connectivity index (χ3n) is 8.25. The van der Waals surface area contributed by atoms with Gasteiger partial charge in [-0.2, -0.15) is 4.98 Å². The lowest BCUT2D eigenvalue weighted by atomic mass is 9.93. The first-order valence-electron chi connectivity index (χ1n) is 13.7. The number of carbonyl (C=O) groups is 1. The second-order valence-corrected chi connectivity index (χ2v) is 11.8. The van der Waals surface area contributed by atoms with Crippen LogP contribution in [0.5, 0.6) is 17.4 Å². The van der Waals surface area contributed by atoms with E-state index >= 15 is 0 Å². The second-order valence-electron chi connectivity index (χ2n) is 11.3. The molecule has 3 N–H and O–H groups in total. The minimum atomic E-state index is -1.14. The van der Waals surface area contributed by atoms with Gasteiger partial charge in [-0.05, 0) is 70.6 Å². The second kappa shape index (κ2) is 11.6. The van der Waals surface area contributed by atoms with E-state index in [1.54, 1.807) is 25.1 Å². The molecule has 2 aliphatic heterocycles. The molecule has 3 heterocycles. The van der Waals surface area contributed by atoms with E-state index in [4.69, 9.17) is 21.1 Å². The Hall–Kier alpha value is -3.51. The van der Waals surface area contributed by atoms with Crippen LogP contribution in [0.1, 0.15) is 53.5 Å². The van der Waals surface area contributed by atoms with E-state index in [9.17, 15) is 14.3 Å². The average molecular weight is 599 g/mol. The normalized spacial score (nSPS) is 22.0. The Kier molecular flexibility index (Phi) is 8.30. The lowest BCUT2D eigenvalue weighted by Gasteiger charge is -2.32. The van der Waals surface area contributed by atoms with Crippen LogP contribution < -0.4 is 20.1 Å². The molecule has 42 heavy (non-hydrogen) atoms. The molecular weight excluding hydrogens is 563 g/mol. The molecule has 0 radical (unpaired) electrons. The average Bonchev–Trinajstić information content (AvgIpc) is 3.12. The number of aromatic nitrogens is 2. The number of halogens is 2. The number of hydrogen-bond acceptors (Lipinski definition) is 9. The standard InChI is InChI=1S/C30H36ClFN6O4/c1-16-12-22(24(41-6)13-17(16)26(39)34-21-10-11-37(4)15-20(21)32)35-29-33-14-19(31)27(36-29)42-23-9-7-8-18-25(23)28(40)38(5)30(18,2)3/h7-9,12-14,20-21,28,40H,10-11,15H2,1-6H3,(H,34,39)(H,33,35,36)/t20-,21+,28?/m1/s1. The Morgan fingerprint density at radius 1 is 1.24 bits per heavy atom. The number of rotatable bonds is 7. The van der Waals surface area contributed by atoms with E-state index < -0.39 is 24.0 Å². The molecule has 0 saturated carbocycles. The number of amides is 1. The van der Waals surface area contributed by atoms with E-state index in [-0.39, 0.29) is 29.3 Å². The van der Waals surface area contributed by atoms with Crippen LogP contribution in [0.2, 0.25) is 5.02 Å². The molecule has 2 aliphatic rings. The van der Waals surface area contributed by atoms with Gasteiger partial charge in [0.2, 0.25) is 11.8 Å². The van der Waals surface area contributed by atoms with Crippen LogP contribution in [-0.2, 0) is 5.54 Å². The van der Waals surface area contributed by atoms with E-state index in [2.05, 4.69) is 20.6 Å². The number of nitrogens with zero attached hydrogens (tertiary/aromatic N) is 4. The number of methoxy groups -OCH3 is 1. The summed E-state index contributed by atoms with van der Waals surface area (Å²) >= 11 is 6.41. The molecule has 1 unspecified atom stereocenters. The number of aryl methyl sites for hydroxylation is 1. The van der Waals surface area contributed by atoms with Crippen LogP contribution >= 0.6 is 11.6 Å². The van der Waals surface area contributed by atoms with Crippen LogP contribution in [0.4, 0.5) is 16.0 Å². The molecule has 1 amide bonds. The third kappa shape index (κ3) is 5.61. The zero-order chi connectivity index (χ0) is 30.3. The minimum Gasteiger partial charge on any atom is -0.495 e. The Morgan fingerprint density at radius 3 is 2.71 bits per heavy atom. The number of fused-ring (bicyclic) bond motifs is 1. The summed E-state index contributed by atoms with van der Waals surface area (Å²) in [7, 11) is 5.20. The molecular formula is C30H36ClFN6O4. The zero-order valence-corrected chi connectivity index (χ0v) is 25.3. The molecule has 1 saturated heterocycles. The highest BCUT2D eigenvalue weighted by atomic mass is 35.5. The van der Waals surface area contributed by atoms with E-state index in [1.165, 1.54) is 13.3 Å². The summed E-state index contributed by atoms with van der Waals surface area (Å²) in [6.45, 7) is 6.85. The molecule has 0 aliphatic carbocycles. The van der Waals surface area contributed by atoms with Crippen molar-refractivity contribution in [3.63, 3.8) is 0 Å². The monoisotopic (exact) mass is 598 g/mol. The van der Waals surface area contributed by atoms with Gasteiger partial charge < -0.3 is 30.1 Å². The van der Waals surface area contributed by atoms with Crippen molar-refractivity contribution in [3.05, 3.63) is 63.8 Å². The largest absolute Gasteiger partial charge is 0.495 e. The Labute approximate surface area is 249 Å². The molecule has 224 valence electrons. The molecule has 5 rings (SSSR count). The topological polar surface area (TPSA) is 112 Å². The van der Waals surface area contributed by atoms with E-state index in [1.807, 2.05) is 49.9 Å². The molecule has 1 aromatic heterocycles. The summed E-state index contributed by atoms with van der Waals surface area (Å²) in [4.78, 5) is 25.6. The van der Waals surface area contributed by atoms with Crippen molar-refractivity contribution in [2.75, 3.05) is 39.6 Å². The fraction of sp³-hybridized carbons (Fsp3) is 0.433. The molecule has 0 bridgehead atoms. The van der Waals surface area contributed by atoms with Crippen LogP contribution in [-0.4, -0.2) is 77.3 Å². The number of aliphatic hydroxyl groups excluding tert-OH is 1. The Balaban J connectivity index is 1.37. The maximum Gasteiger partial charge on any atom is 0.252 e. The molecule has 10 nitrogen and oxygen atoms in total. The van der Waals surface area contributed by atoms with Gasteiger partial charge >= 0.3 is 0 Å². The van der Waals surface area contributed by atoms with Gasteiger partial charge in [0.05, 0.1) is 25.0 Å². The number of piperidine rings is 1. The Bertz CT molecular complexity index is 1500. The van der Waals surface area contributed by atoms with Crippen LogP contribution in [0.15, 0.2) is 36.5 Å². The van der Waals surface area contributed by atoms with Gasteiger partial charge in [0.1, 0.15) is 28.9 Å². The highest BCUT2D eigenvalue weighted by Gasteiger charge is 2.43. The van der Waals surface area contributed by atoms with Crippen LogP contribution in [0.3, 0.4) is 0 Å². The van der Waals surface area contributed by atoms with Gasteiger partial charge in [-0.1, -0.05) is 23.7 Å². The van der Waals surface area contributed by atoms with Crippen LogP contribution in [0, 0.1) is 6.92 Å². The minimum absolute atomic E-state index is 0.104. The molecule has 3 atom stereocenters. The van der Waals surface area contributed by atoms with Crippen LogP contribution in [0.25, 0.3) is 0 Å². The number of benzene rings is 2. The van der Waals surface area contributed by atoms with Gasteiger partial charge in [0.15, 0.2) is 0 Å². The first kappa shape index (κ1) is 30.0. The van der Waals surface area contributed by atoms with Crippen molar-refractivity contribution >= 4 is 29.1 Å². The zero-order valence-electron chi connectivity index (χ0n) is 24.5. The fourth-order valence-corrected chi connectivity index (χ4v) is 5.62. The summed E-state index contributed by atoms with van der Waals surface area (Å²) < 4.78 is 26.2. The van der Waals surface area contributed by atoms with Gasteiger partial charge in [-0.3, -0.25) is 9.69 Å². The summed E-state index contributed by atoms with van der Waals surface area (Å²) in [5.41, 5.74) is 2.76. The summed E-state index contributed by atoms with van der Waals surface area (Å²) in [6, 6.07) is 8.39. The predicted octanol–water partition coefficient (Wildman–Crippen LogP) is 4.93. The molecule has 2 aromatic carbocycles. The number of anilines is 2. The number of likely N-dealkylation sites (tertiary alicyclic amines) is 1. The molecule has 12 heteroatoms. The SMILES string of the molecule is COc1cc(C(=O)N[C@H]2CCN(C)C[C@H]2F)c(C)cc1Nc1ncc(Cl)c(Oc2cccc3c2C(O)N(C)C3(C)C)n1. The number of carbonyl (C=O) groups excluding carboxylic acids is 1. The summed E-state index contributed by atoms with van der Waals surface area (Å²) in [5.74, 6) is 0.739. The van der Waals surface area contributed by atoms with Gasteiger partial charge in [0, 0.05) is 29.8 Å². The van der Waals surface area contributed by atoms with Gasteiger partial charge in [-0.25, -0.2) is 9.37 Å². The Morgan fingerprint density at radius 2 is 2.00 bits per heavy atom. The lowest BCUT2D eigenvalue weighted by Crippen LogP contribution is -2.51. The summed E-state index contributed by atoms with van der Waals surface area (Å²) in [5, 5.41) is 17.1. The third-order valence-corrected chi connectivity index (χ3v) is 8.51. The van der Waals surface area contributed by atoms with Crippen molar-refractivity contribution in [2.24, 2.45) is 0 Å². The maximum absolute atomic E-state index is 14.5. The van der Waals surface area contributed by atoms with Crippen molar-refractivity contribution in [1.82, 2.24) is 25.1 Å². The number of hydrogen-bond donors (Lipinski definition) is 3. The smallest absolute Gasteiger partial charge is 0.252 e. The highest BCUT2D eigenvalue weighted by Crippen LogP contribution is 2.48. The highest BCUT2D eigenvalue weighted by molar-refractivity contribution is 6.31. The number of alkyl halides is 1. The molecule has 0 spiro atoms. The number of aliphatic hydroxyl groups is 1. The fourth-order valence-electron chi connectivity index (χ4n) is 5.49. The number of nitrogens with one attached hydrogen (secondary N) is 2. The quantitative estimate of drug-likeness (QED) is 0.349. The van der Waals surface area contributed by atoms with Gasteiger partial charge in [-0.15, -0.1) is 0 Å².